The van der Waals surface area contributed by atoms with Gasteiger partial charge in [0.15, 0.2) is 11.2 Å². The van der Waals surface area contributed by atoms with Gasteiger partial charge in [0.1, 0.15) is 6.26 Å². The topological polar surface area (TPSA) is 59.2 Å². The van der Waals surface area contributed by atoms with Crippen LogP contribution in [0.1, 0.15) is 28.9 Å². The number of likely N-dealkylation sites (tertiary alicyclic amines) is 1. The highest BCUT2D eigenvalue weighted by molar-refractivity contribution is 5.93. The van der Waals surface area contributed by atoms with E-state index in [2.05, 4.69) is 9.97 Å². The molecule has 28 heavy (non-hydrogen) atoms. The van der Waals surface area contributed by atoms with Gasteiger partial charge < -0.3 is 9.32 Å². The van der Waals surface area contributed by atoms with Crippen molar-refractivity contribution in [3.05, 3.63) is 72.4 Å². The molecule has 4 rings (SSSR count). The molecule has 1 aromatic carbocycles. The Morgan fingerprint density at radius 3 is 2.61 bits per heavy atom. The minimum Gasteiger partial charge on any atom is -0.444 e. The zero-order valence-corrected chi connectivity index (χ0v) is 14.7. The highest BCUT2D eigenvalue weighted by Crippen LogP contribution is 2.51. The smallest absolute Gasteiger partial charge is 0.415 e. The van der Waals surface area contributed by atoms with Crippen molar-refractivity contribution < 1.29 is 22.4 Å². The quantitative estimate of drug-likeness (QED) is 0.667. The molecule has 0 saturated carbocycles. The minimum absolute atomic E-state index is 0.0116. The number of alkyl halides is 3. The first-order valence-electron chi connectivity index (χ1n) is 8.73. The minimum atomic E-state index is -4.63. The fraction of sp³-hybridized carbons (Fsp3) is 0.250. The maximum atomic E-state index is 14.3. The highest BCUT2D eigenvalue weighted by atomic mass is 19.4. The largest absolute Gasteiger partial charge is 0.444 e. The Morgan fingerprint density at radius 2 is 1.93 bits per heavy atom. The second-order valence-corrected chi connectivity index (χ2v) is 6.56. The number of carbonyl (C=O) groups excluding carboxylic acids is 1. The molecule has 5 nitrogen and oxygen atoms in total. The summed E-state index contributed by atoms with van der Waals surface area (Å²) >= 11 is 0. The zero-order valence-electron chi connectivity index (χ0n) is 14.7. The molecule has 1 aliphatic heterocycles. The van der Waals surface area contributed by atoms with Crippen LogP contribution in [0.4, 0.5) is 13.2 Å². The Hall–Kier alpha value is -3.16. The van der Waals surface area contributed by atoms with Crippen molar-refractivity contribution in [2.24, 2.45) is 0 Å². The summed E-state index contributed by atoms with van der Waals surface area (Å²) < 4.78 is 48.1. The van der Waals surface area contributed by atoms with Gasteiger partial charge in [-0.1, -0.05) is 30.3 Å². The predicted octanol–water partition coefficient (Wildman–Crippen LogP) is 4.43. The van der Waals surface area contributed by atoms with Crippen molar-refractivity contribution in [1.82, 2.24) is 14.9 Å². The third-order valence-corrected chi connectivity index (χ3v) is 4.98. The number of halogens is 3. The molecule has 1 aliphatic rings. The van der Waals surface area contributed by atoms with Gasteiger partial charge in [0, 0.05) is 18.9 Å². The average molecular weight is 387 g/mol. The van der Waals surface area contributed by atoms with Gasteiger partial charge >= 0.3 is 6.18 Å². The van der Waals surface area contributed by atoms with Crippen LogP contribution in [-0.4, -0.2) is 33.5 Å². The number of carbonyl (C=O) groups is 1. The third-order valence-electron chi connectivity index (χ3n) is 4.98. The molecule has 0 unspecified atom stereocenters. The fourth-order valence-electron chi connectivity index (χ4n) is 3.70. The average Bonchev–Trinajstić information content (AvgIpc) is 3.37. The summed E-state index contributed by atoms with van der Waals surface area (Å²) in [5.74, 6) is -0.675. The lowest BCUT2D eigenvalue weighted by Crippen LogP contribution is -2.54. The molecular weight excluding hydrogens is 371 g/mol. The molecule has 1 atom stereocenters. The molecule has 1 fully saturated rings. The van der Waals surface area contributed by atoms with Crippen LogP contribution in [0.2, 0.25) is 0 Å². The molecule has 8 heteroatoms. The molecule has 0 bridgehead atoms. The van der Waals surface area contributed by atoms with Crippen LogP contribution in [0.15, 0.2) is 65.5 Å². The summed E-state index contributed by atoms with van der Waals surface area (Å²) in [5, 5.41) is 0. The van der Waals surface area contributed by atoms with Crippen molar-refractivity contribution in [1.29, 1.82) is 0 Å². The van der Waals surface area contributed by atoms with Crippen molar-refractivity contribution in [2.45, 2.75) is 24.6 Å². The first kappa shape index (κ1) is 18.2. The normalized spacial score (nSPS) is 19.8. The van der Waals surface area contributed by atoms with Crippen molar-refractivity contribution in [2.75, 3.05) is 6.54 Å². The number of benzene rings is 1. The maximum absolute atomic E-state index is 14.3. The van der Waals surface area contributed by atoms with Gasteiger partial charge in [0.2, 0.25) is 5.89 Å². The Labute approximate surface area is 158 Å². The molecule has 3 heterocycles. The lowest BCUT2D eigenvalue weighted by molar-refractivity contribution is -0.220. The number of hydrogen-bond donors (Lipinski definition) is 0. The van der Waals surface area contributed by atoms with Gasteiger partial charge in [0.25, 0.3) is 5.91 Å². The predicted molar refractivity (Wildman–Crippen MR) is 94.2 cm³/mol. The van der Waals surface area contributed by atoms with Gasteiger partial charge in [0.05, 0.1) is 5.56 Å². The molecule has 3 aromatic rings. The first-order chi connectivity index (χ1) is 13.4. The van der Waals surface area contributed by atoms with Crippen LogP contribution in [0.3, 0.4) is 0 Å². The van der Waals surface area contributed by atoms with Gasteiger partial charge in [-0.3, -0.25) is 9.78 Å². The van der Waals surface area contributed by atoms with Crippen LogP contribution in [0.5, 0.6) is 0 Å². The van der Waals surface area contributed by atoms with Crippen LogP contribution in [0.25, 0.3) is 11.5 Å². The molecule has 2 aromatic heterocycles. The summed E-state index contributed by atoms with van der Waals surface area (Å²) in [5.41, 5.74) is -1.96. The van der Waals surface area contributed by atoms with E-state index in [1.807, 2.05) is 0 Å². The van der Waals surface area contributed by atoms with E-state index < -0.39 is 17.6 Å². The van der Waals surface area contributed by atoms with E-state index >= 15 is 0 Å². The number of aromatic nitrogens is 2. The molecule has 0 aliphatic carbocycles. The Kier molecular flexibility index (Phi) is 4.41. The van der Waals surface area contributed by atoms with Crippen LogP contribution < -0.4 is 0 Å². The van der Waals surface area contributed by atoms with Crippen LogP contribution >= 0.6 is 0 Å². The SMILES string of the molecule is O=C(c1coc(-c2cccnc2)n1)N1CCC[C@@]1(c1ccccc1)C(F)(F)F. The number of pyridine rings is 1. The van der Waals surface area contributed by atoms with Crippen molar-refractivity contribution >= 4 is 5.91 Å². The first-order valence-corrected chi connectivity index (χ1v) is 8.73. The van der Waals surface area contributed by atoms with Crippen molar-refractivity contribution in [3.63, 3.8) is 0 Å². The Balaban J connectivity index is 1.73. The Bertz CT molecular complexity index is 973. The molecular formula is C20H16F3N3O2. The number of nitrogens with zero attached hydrogens (tertiary/aromatic N) is 3. The van der Waals surface area contributed by atoms with Crippen molar-refractivity contribution in [3.8, 4) is 11.5 Å². The van der Waals surface area contributed by atoms with E-state index in [0.29, 0.717) is 5.56 Å². The fourth-order valence-corrected chi connectivity index (χ4v) is 3.70. The van der Waals surface area contributed by atoms with Gasteiger partial charge in [-0.25, -0.2) is 4.98 Å². The summed E-state index contributed by atoms with van der Waals surface area (Å²) in [6.45, 7) is -0.0116. The molecule has 1 saturated heterocycles. The second kappa shape index (κ2) is 6.78. The molecule has 144 valence electrons. The summed E-state index contributed by atoms with van der Waals surface area (Å²) in [4.78, 5) is 21.9. The maximum Gasteiger partial charge on any atom is 0.415 e. The highest BCUT2D eigenvalue weighted by Gasteiger charge is 2.63. The van der Waals surface area contributed by atoms with Gasteiger partial charge in [-0.2, -0.15) is 13.2 Å². The second-order valence-electron chi connectivity index (χ2n) is 6.56. The Morgan fingerprint density at radius 1 is 1.14 bits per heavy atom. The van der Waals surface area contributed by atoms with Crippen LogP contribution in [0, 0.1) is 0 Å². The van der Waals surface area contributed by atoms with E-state index in [1.165, 1.54) is 18.3 Å². The molecule has 0 spiro atoms. The number of hydrogen-bond acceptors (Lipinski definition) is 4. The third kappa shape index (κ3) is 2.85. The van der Waals surface area contributed by atoms with E-state index in [-0.39, 0.29) is 36.5 Å². The number of amides is 1. The molecule has 0 radical (unpaired) electrons. The van der Waals surface area contributed by atoms with E-state index in [1.54, 1.807) is 36.5 Å². The van der Waals surface area contributed by atoms with E-state index in [4.69, 9.17) is 4.42 Å². The number of rotatable bonds is 3. The van der Waals surface area contributed by atoms with Gasteiger partial charge in [-0.15, -0.1) is 0 Å². The number of oxazole rings is 1. The lowest BCUT2D eigenvalue weighted by Gasteiger charge is -2.40. The van der Waals surface area contributed by atoms with Crippen LogP contribution in [-0.2, 0) is 5.54 Å². The van der Waals surface area contributed by atoms with E-state index in [9.17, 15) is 18.0 Å². The van der Waals surface area contributed by atoms with Gasteiger partial charge in [-0.05, 0) is 30.5 Å². The monoisotopic (exact) mass is 387 g/mol. The lowest BCUT2D eigenvalue weighted by atomic mass is 9.86. The summed E-state index contributed by atoms with van der Waals surface area (Å²) in [7, 11) is 0. The molecule has 0 N–H and O–H groups in total. The molecule has 1 amide bonds. The standard InChI is InChI=1S/C20H16F3N3O2/c21-20(22,23)19(15-7-2-1-3-8-15)9-5-11-26(19)18(27)16-13-28-17(25-16)14-6-4-10-24-12-14/h1-4,6-8,10,12-13H,5,9,11H2/t19-/m1/s1. The summed E-state index contributed by atoms with van der Waals surface area (Å²) in [6.07, 6.45) is -0.418. The summed E-state index contributed by atoms with van der Waals surface area (Å²) in [6, 6.07) is 10.9. The zero-order chi connectivity index (χ0) is 19.8. The van der Waals surface area contributed by atoms with E-state index in [0.717, 1.165) is 11.2 Å².